The standard InChI is InChI=1S/C15H12BrFN2/c1-9-12(16)7-8-14-18-15(10(2)19(9)14)11-5-3-4-6-13(11)17/h3-8H,1-2H3. The van der Waals surface area contributed by atoms with Crippen molar-refractivity contribution < 1.29 is 4.39 Å². The topological polar surface area (TPSA) is 17.3 Å². The molecule has 2 heterocycles. The van der Waals surface area contributed by atoms with E-state index in [9.17, 15) is 4.39 Å². The first-order valence-electron chi connectivity index (χ1n) is 5.98. The van der Waals surface area contributed by atoms with Crippen molar-refractivity contribution in [3.8, 4) is 11.3 Å². The third-order valence-electron chi connectivity index (χ3n) is 3.32. The number of hydrogen-bond donors (Lipinski definition) is 0. The smallest absolute Gasteiger partial charge is 0.137 e. The normalized spacial score (nSPS) is 11.2. The highest BCUT2D eigenvalue weighted by atomic mass is 79.9. The Morgan fingerprint density at radius 2 is 1.79 bits per heavy atom. The van der Waals surface area contributed by atoms with E-state index < -0.39 is 0 Å². The van der Waals surface area contributed by atoms with Gasteiger partial charge in [-0.15, -0.1) is 0 Å². The van der Waals surface area contributed by atoms with Crippen LogP contribution in [-0.4, -0.2) is 9.38 Å². The molecule has 2 nitrogen and oxygen atoms in total. The van der Waals surface area contributed by atoms with Crippen LogP contribution in [0.15, 0.2) is 40.9 Å². The van der Waals surface area contributed by atoms with Gasteiger partial charge in [0.15, 0.2) is 0 Å². The lowest BCUT2D eigenvalue weighted by Crippen LogP contribution is -1.94. The number of benzene rings is 1. The van der Waals surface area contributed by atoms with Crippen LogP contribution in [-0.2, 0) is 0 Å². The number of nitrogens with zero attached hydrogens (tertiary/aromatic N) is 2. The lowest BCUT2D eigenvalue weighted by atomic mass is 10.1. The highest BCUT2D eigenvalue weighted by Gasteiger charge is 2.15. The van der Waals surface area contributed by atoms with Crippen molar-refractivity contribution in [3.05, 3.63) is 58.1 Å². The molecule has 0 saturated heterocycles. The van der Waals surface area contributed by atoms with E-state index in [4.69, 9.17) is 0 Å². The summed E-state index contributed by atoms with van der Waals surface area (Å²) < 4.78 is 17.0. The fourth-order valence-corrected chi connectivity index (χ4v) is 2.65. The lowest BCUT2D eigenvalue weighted by Gasteiger charge is -2.05. The summed E-state index contributed by atoms with van der Waals surface area (Å²) in [7, 11) is 0. The Balaban J connectivity index is 2.36. The molecule has 0 unspecified atom stereocenters. The van der Waals surface area contributed by atoms with Crippen LogP contribution in [0.5, 0.6) is 0 Å². The number of aryl methyl sites for hydroxylation is 2. The molecule has 0 N–H and O–H groups in total. The second kappa shape index (κ2) is 4.46. The summed E-state index contributed by atoms with van der Waals surface area (Å²) >= 11 is 3.51. The second-order valence-corrected chi connectivity index (χ2v) is 5.34. The third-order valence-corrected chi connectivity index (χ3v) is 4.16. The molecule has 3 rings (SSSR count). The molecular formula is C15H12BrFN2. The van der Waals surface area contributed by atoms with E-state index in [2.05, 4.69) is 20.9 Å². The maximum absolute atomic E-state index is 13.9. The van der Waals surface area contributed by atoms with Gasteiger partial charge in [0, 0.05) is 21.4 Å². The summed E-state index contributed by atoms with van der Waals surface area (Å²) in [5.41, 5.74) is 4.07. The molecule has 0 fully saturated rings. The molecule has 0 aliphatic rings. The van der Waals surface area contributed by atoms with E-state index in [0.29, 0.717) is 11.3 Å². The molecule has 19 heavy (non-hydrogen) atoms. The monoisotopic (exact) mass is 318 g/mol. The van der Waals surface area contributed by atoms with Crippen LogP contribution in [0.3, 0.4) is 0 Å². The summed E-state index contributed by atoms with van der Waals surface area (Å²) in [6.07, 6.45) is 0. The minimum Gasteiger partial charge on any atom is -0.300 e. The fourth-order valence-electron chi connectivity index (χ4n) is 2.34. The number of aromatic nitrogens is 2. The zero-order valence-electron chi connectivity index (χ0n) is 10.6. The van der Waals surface area contributed by atoms with E-state index in [1.54, 1.807) is 12.1 Å². The van der Waals surface area contributed by atoms with Crippen molar-refractivity contribution in [2.24, 2.45) is 0 Å². The minimum atomic E-state index is -0.245. The van der Waals surface area contributed by atoms with Crippen LogP contribution < -0.4 is 0 Å². The Bertz CT molecular complexity index is 777. The van der Waals surface area contributed by atoms with E-state index in [0.717, 1.165) is 21.5 Å². The largest absolute Gasteiger partial charge is 0.300 e. The van der Waals surface area contributed by atoms with Crippen molar-refractivity contribution >= 4 is 21.6 Å². The van der Waals surface area contributed by atoms with Crippen LogP contribution >= 0.6 is 15.9 Å². The highest BCUT2D eigenvalue weighted by Crippen LogP contribution is 2.28. The van der Waals surface area contributed by atoms with Crippen LogP contribution in [0.1, 0.15) is 11.4 Å². The summed E-state index contributed by atoms with van der Waals surface area (Å²) in [5.74, 6) is -0.245. The molecule has 0 aliphatic heterocycles. The average molecular weight is 319 g/mol. The first kappa shape index (κ1) is 12.4. The molecule has 0 atom stereocenters. The zero-order valence-corrected chi connectivity index (χ0v) is 12.2. The first-order valence-corrected chi connectivity index (χ1v) is 6.78. The van der Waals surface area contributed by atoms with Crippen molar-refractivity contribution in [3.63, 3.8) is 0 Å². The Labute approximate surface area is 119 Å². The van der Waals surface area contributed by atoms with Gasteiger partial charge in [-0.1, -0.05) is 12.1 Å². The second-order valence-electron chi connectivity index (χ2n) is 4.49. The van der Waals surface area contributed by atoms with Gasteiger partial charge in [0.05, 0.1) is 5.69 Å². The Kier molecular flexibility index (Phi) is 2.90. The van der Waals surface area contributed by atoms with Crippen LogP contribution in [0, 0.1) is 19.7 Å². The minimum absolute atomic E-state index is 0.245. The third kappa shape index (κ3) is 1.87. The van der Waals surface area contributed by atoms with Gasteiger partial charge >= 0.3 is 0 Å². The molecule has 0 amide bonds. The molecule has 0 saturated carbocycles. The number of imidazole rings is 1. The first-order chi connectivity index (χ1) is 9.09. The van der Waals surface area contributed by atoms with Crippen molar-refractivity contribution in [1.82, 2.24) is 9.38 Å². The molecule has 0 aliphatic carbocycles. The zero-order chi connectivity index (χ0) is 13.6. The van der Waals surface area contributed by atoms with Crippen LogP contribution in [0.2, 0.25) is 0 Å². The fraction of sp³-hybridized carbons (Fsp3) is 0.133. The summed E-state index contributed by atoms with van der Waals surface area (Å²) in [6, 6.07) is 10.6. The van der Waals surface area contributed by atoms with E-state index >= 15 is 0 Å². The maximum Gasteiger partial charge on any atom is 0.137 e. The number of hydrogen-bond acceptors (Lipinski definition) is 1. The van der Waals surface area contributed by atoms with Crippen molar-refractivity contribution in [1.29, 1.82) is 0 Å². The molecule has 0 radical (unpaired) electrons. The summed E-state index contributed by atoms with van der Waals surface area (Å²) in [4.78, 5) is 4.55. The average Bonchev–Trinajstić information content (AvgIpc) is 2.73. The predicted octanol–water partition coefficient (Wildman–Crippen LogP) is 4.52. The van der Waals surface area contributed by atoms with Gasteiger partial charge in [-0.2, -0.15) is 0 Å². The quantitative estimate of drug-likeness (QED) is 0.644. The van der Waals surface area contributed by atoms with E-state index in [1.165, 1.54) is 6.07 Å². The molecule has 1 aromatic carbocycles. The maximum atomic E-state index is 13.9. The van der Waals surface area contributed by atoms with Gasteiger partial charge in [-0.3, -0.25) is 4.40 Å². The van der Waals surface area contributed by atoms with Gasteiger partial charge < -0.3 is 0 Å². The molecule has 96 valence electrons. The molecule has 0 spiro atoms. The SMILES string of the molecule is Cc1c(Br)ccc2nc(-c3ccccc3F)c(C)n12. The lowest BCUT2D eigenvalue weighted by molar-refractivity contribution is 0.630. The van der Waals surface area contributed by atoms with Crippen molar-refractivity contribution in [2.75, 3.05) is 0 Å². The highest BCUT2D eigenvalue weighted by molar-refractivity contribution is 9.10. The summed E-state index contributed by atoms with van der Waals surface area (Å²) in [5, 5.41) is 0. The number of fused-ring (bicyclic) bond motifs is 1. The Morgan fingerprint density at radius 1 is 1.05 bits per heavy atom. The molecule has 2 aromatic heterocycles. The van der Waals surface area contributed by atoms with Crippen molar-refractivity contribution in [2.45, 2.75) is 13.8 Å². The van der Waals surface area contributed by atoms with Gasteiger partial charge in [-0.05, 0) is 54.0 Å². The van der Waals surface area contributed by atoms with Gasteiger partial charge in [0.2, 0.25) is 0 Å². The molecule has 3 aromatic rings. The Morgan fingerprint density at radius 3 is 2.53 bits per heavy atom. The van der Waals surface area contributed by atoms with Gasteiger partial charge in [0.25, 0.3) is 0 Å². The van der Waals surface area contributed by atoms with Crippen LogP contribution in [0.4, 0.5) is 4.39 Å². The number of pyridine rings is 1. The summed E-state index contributed by atoms with van der Waals surface area (Å²) in [6.45, 7) is 3.97. The molecule has 4 heteroatoms. The Hall–Kier alpha value is -1.68. The van der Waals surface area contributed by atoms with Gasteiger partial charge in [-0.25, -0.2) is 9.37 Å². The molecular weight excluding hydrogens is 307 g/mol. The van der Waals surface area contributed by atoms with Crippen LogP contribution in [0.25, 0.3) is 16.9 Å². The number of rotatable bonds is 1. The van der Waals surface area contributed by atoms with Gasteiger partial charge in [0.1, 0.15) is 11.5 Å². The number of halogens is 2. The predicted molar refractivity (Wildman–Crippen MR) is 77.8 cm³/mol. The van der Waals surface area contributed by atoms with E-state index in [-0.39, 0.29) is 5.82 Å². The van der Waals surface area contributed by atoms with E-state index in [1.807, 2.05) is 36.4 Å². The molecule has 0 bridgehead atoms.